The van der Waals surface area contributed by atoms with Gasteiger partial charge in [-0.15, -0.1) is 0 Å². The van der Waals surface area contributed by atoms with E-state index in [1.54, 1.807) is 12.1 Å². The highest BCUT2D eigenvalue weighted by atomic mass is 79.9. The summed E-state index contributed by atoms with van der Waals surface area (Å²) in [6.45, 7) is 1.67. The van der Waals surface area contributed by atoms with E-state index in [2.05, 4.69) is 31.9 Å². The van der Waals surface area contributed by atoms with Gasteiger partial charge in [0, 0.05) is 29.3 Å². The van der Waals surface area contributed by atoms with Crippen molar-refractivity contribution >= 4 is 31.9 Å². The van der Waals surface area contributed by atoms with Gasteiger partial charge in [0.1, 0.15) is 5.82 Å². The summed E-state index contributed by atoms with van der Waals surface area (Å²) >= 11 is 7.21. The first kappa shape index (κ1) is 15.5. The maximum Gasteiger partial charge on any atom is 0.127 e. The quantitative estimate of drug-likeness (QED) is 0.660. The average molecular weight is 394 g/mol. The molecule has 1 aliphatic heterocycles. The molecule has 2 rings (SSSR count). The lowest BCUT2D eigenvalue weighted by Gasteiger charge is -2.36. The highest BCUT2D eigenvalue weighted by Gasteiger charge is 2.35. The maximum atomic E-state index is 14.1. The Morgan fingerprint density at radius 2 is 1.79 bits per heavy atom. The van der Waals surface area contributed by atoms with E-state index in [0.29, 0.717) is 5.92 Å². The molecule has 0 bridgehead atoms. The normalized spacial score (nSPS) is 17.6. The second-order valence-corrected chi connectivity index (χ2v) is 6.41. The van der Waals surface area contributed by atoms with Gasteiger partial charge in [-0.3, -0.25) is 0 Å². The molecular formula is C15H19Br2FO. The number of hydrogen-bond donors (Lipinski definition) is 0. The molecule has 0 spiro atoms. The van der Waals surface area contributed by atoms with Gasteiger partial charge in [-0.25, -0.2) is 4.39 Å². The monoisotopic (exact) mass is 392 g/mol. The molecule has 1 fully saturated rings. The van der Waals surface area contributed by atoms with Gasteiger partial charge in [0.05, 0.1) is 0 Å². The second-order valence-electron chi connectivity index (χ2n) is 5.29. The van der Waals surface area contributed by atoms with Crippen LogP contribution in [0.5, 0.6) is 0 Å². The van der Waals surface area contributed by atoms with Gasteiger partial charge in [0.25, 0.3) is 0 Å². The van der Waals surface area contributed by atoms with Gasteiger partial charge < -0.3 is 4.74 Å². The molecule has 0 radical (unpaired) electrons. The number of alkyl halides is 2. The largest absolute Gasteiger partial charge is 0.381 e. The third-order valence-corrected chi connectivity index (χ3v) is 6.12. The minimum absolute atomic E-state index is 0.103. The standard InChI is InChI=1S/C15H19Br2FO/c16-10-15(11-17,9-12-5-7-19-8-6-12)13-3-1-2-4-14(13)18/h1-4,12H,5-11H2. The minimum Gasteiger partial charge on any atom is -0.381 e. The third kappa shape index (κ3) is 3.59. The Balaban J connectivity index is 2.23. The molecule has 1 heterocycles. The lowest BCUT2D eigenvalue weighted by atomic mass is 9.75. The SMILES string of the molecule is Fc1ccccc1C(CBr)(CBr)CC1CCOCC1. The summed E-state index contributed by atoms with van der Waals surface area (Å²) in [4.78, 5) is 0. The van der Waals surface area contributed by atoms with Gasteiger partial charge in [-0.05, 0) is 36.8 Å². The van der Waals surface area contributed by atoms with E-state index in [1.807, 2.05) is 12.1 Å². The summed E-state index contributed by atoms with van der Waals surface area (Å²) in [6, 6.07) is 7.14. The van der Waals surface area contributed by atoms with Gasteiger partial charge in [-0.2, -0.15) is 0 Å². The van der Waals surface area contributed by atoms with Crippen LogP contribution in [0.2, 0.25) is 0 Å². The van der Waals surface area contributed by atoms with Crippen LogP contribution < -0.4 is 0 Å². The first-order valence-corrected chi connectivity index (χ1v) is 8.91. The van der Waals surface area contributed by atoms with Crippen molar-refractivity contribution in [1.29, 1.82) is 0 Å². The van der Waals surface area contributed by atoms with Crippen molar-refractivity contribution in [3.8, 4) is 0 Å². The zero-order valence-corrected chi connectivity index (χ0v) is 14.1. The Morgan fingerprint density at radius 3 is 2.37 bits per heavy atom. The highest BCUT2D eigenvalue weighted by molar-refractivity contribution is 9.09. The zero-order valence-electron chi connectivity index (χ0n) is 10.9. The van der Waals surface area contributed by atoms with Crippen LogP contribution in [0.4, 0.5) is 4.39 Å². The van der Waals surface area contributed by atoms with Crippen LogP contribution in [0.15, 0.2) is 24.3 Å². The van der Waals surface area contributed by atoms with Crippen molar-refractivity contribution in [3.63, 3.8) is 0 Å². The van der Waals surface area contributed by atoms with E-state index in [9.17, 15) is 4.39 Å². The Morgan fingerprint density at radius 1 is 1.16 bits per heavy atom. The van der Waals surface area contributed by atoms with Crippen LogP contribution in [0.25, 0.3) is 0 Å². The Labute approximate surface area is 131 Å². The summed E-state index contributed by atoms with van der Waals surface area (Å²) in [6.07, 6.45) is 3.15. The van der Waals surface area contributed by atoms with Crippen molar-refractivity contribution in [3.05, 3.63) is 35.6 Å². The van der Waals surface area contributed by atoms with Crippen LogP contribution in [0.3, 0.4) is 0 Å². The van der Waals surface area contributed by atoms with Crippen LogP contribution in [-0.2, 0) is 10.2 Å². The average Bonchev–Trinajstić information content (AvgIpc) is 2.47. The predicted octanol–water partition coefficient (Wildman–Crippen LogP) is 4.67. The van der Waals surface area contributed by atoms with Crippen LogP contribution in [0.1, 0.15) is 24.8 Å². The molecule has 0 amide bonds. The fourth-order valence-corrected chi connectivity index (χ4v) is 4.78. The van der Waals surface area contributed by atoms with Crippen molar-refractivity contribution in [2.45, 2.75) is 24.7 Å². The Bertz CT molecular complexity index is 401. The van der Waals surface area contributed by atoms with E-state index in [-0.39, 0.29) is 11.2 Å². The molecule has 1 aliphatic rings. The fraction of sp³-hybridized carbons (Fsp3) is 0.600. The minimum atomic E-state index is -0.173. The lowest BCUT2D eigenvalue weighted by molar-refractivity contribution is 0.0582. The molecule has 0 aliphatic carbocycles. The molecule has 0 saturated carbocycles. The molecule has 0 N–H and O–H groups in total. The fourth-order valence-electron chi connectivity index (χ4n) is 2.79. The van der Waals surface area contributed by atoms with Crippen LogP contribution in [-0.4, -0.2) is 23.9 Å². The van der Waals surface area contributed by atoms with Crippen molar-refractivity contribution in [2.75, 3.05) is 23.9 Å². The van der Waals surface area contributed by atoms with Gasteiger partial charge >= 0.3 is 0 Å². The number of hydrogen-bond acceptors (Lipinski definition) is 1. The van der Waals surface area contributed by atoms with Crippen molar-refractivity contribution in [2.24, 2.45) is 5.92 Å². The first-order valence-electron chi connectivity index (χ1n) is 6.66. The van der Waals surface area contributed by atoms with E-state index in [0.717, 1.165) is 48.7 Å². The molecule has 1 aromatic carbocycles. The molecule has 0 aromatic heterocycles. The molecule has 0 atom stereocenters. The maximum absolute atomic E-state index is 14.1. The molecular weight excluding hydrogens is 375 g/mol. The smallest absolute Gasteiger partial charge is 0.127 e. The second kappa shape index (κ2) is 7.19. The topological polar surface area (TPSA) is 9.23 Å². The van der Waals surface area contributed by atoms with Crippen molar-refractivity contribution in [1.82, 2.24) is 0 Å². The molecule has 0 unspecified atom stereocenters. The molecule has 1 nitrogen and oxygen atoms in total. The van der Waals surface area contributed by atoms with E-state index >= 15 is 0 Å². The van der Waals surface area contributed by atoms with E-state index in [4.69, 9.17) is 4.74 Å². The first-order chi connectivity index (χ1) is 9.22. The third-order valence-electron chi connectivity index (χ3n) is 3.98. The summed E-state index contributed by atoms with van der Waals surface area (Å²) in [7, 11) is 0. The lowest BCUT2D eigenvalue weighted by Crippen LogP contribution is -2.35. The highest BCUT2D eigenvalue weighted by Crippen LogP contribution is 2.39. The molecule has 106 valence electrons. The summed E-state index contributed by atoms with van der Waals surface area (Å²) < 4.78 is 19.6. The van der Waals surface area contributed by atoms with Gasteiger partial charge in [0.2, 0.25) is 0 Å². The Kier molecular flexibility index (Phi) is 5.85. The van der Waals surface area contributed by atoms with Crippen LogP contribution in [0, 0.1) is 11.7 Å². The number of halogens is 3. The number of benzene rings is 1. The number of rotatable bonds is 5. The van der Waals surface area contributed by atoms with E-state index in [1.165, 1.54) is 0 Å². The summed E-state index contributed by atoms with van der Waals surface area (Å²) in [5.74, 6) is 0.511. The predicted molar refractivity (Wildman–Crippen MR) is 83.8 cm³/mol. The summed E-state index contributed by atoms with van der Waals surface area (Å²) in [5, 5.41) is 1.53. The molecule has 1 aromatic rings. The number of ether oxygens (including phenoxy) is 1. The molecule has 4 heteroatoms. The van der Waals surface area contributed by atoms with Gasteiger partial charge in [0.15, 0.2) is 0 Å². The molecule has 19 heavy (non-hydrogen) atoms. The van der Waals surface area contributed by atoms with Crippen LogP contribution >= 0.6 is 31.9 Å². The molecule has 1 saturated heterocycles. The zero-order chi connectivity index (χ0) is 13.7. The summed E-state index contributed by atoms with van der Waals surface area (Å²) in [5.41, 5.74) is 0.642. The van der Waals surface area contributed by atoms with E-state index < -0.39 is 0 Å². The van der Waals surface area contributed by atoms with Crippen molar-refractivity contribution < 1.29 is 9.13 Å². The Hall–Kier alpha value is 0.0700. The van der Waals surface area contributed by atoms with Gasteiger partial charge in [-0.1, -0.05) is 50.1 Å².